The third-order valence-electron chi connectivity index (χ3n) is 3.78. The van der Waals surface area contributed by atoms with Crippen molar-refractivity contribution in [2.45, 2.75) is 12.8 Å². The monoisotopic (exact) mass is 346 g/mol. The van der Waals surface area contributed by atoms with Gasteiger partial charge in [-0.05, 0) is 12.1 Å². The molecule has 0 radical (unpaired) electrons. The maximum atomic E-state index is 12.2. The molecule has 0 bridgehead atoms. The van der Waals surface area contributed by atoms with Gasteiger partial charge in [0.05, 0.1) is 0 Å². The molecule has 3 heterocycles. The van der Waals surface area contributed by atoms with Gasteiger partial charge in [0.2, 0.25) is 16.9 Å². The minimum Gasteiger partial charge on any atom is -0.353 e. The Hall–Kier alpha value is -2.55. The van der Waals surface area contributed by atoms with E-state index in [-0.39, 0.29) is 24.7 Å². The highest BCUT2D eigenvalue weighted by atomic mass is 32.1. The predicted octanol–water partition coefficient (Wildman–Crippen LogP) is 1.00. The third kappa shape index (κ3) is 4.25. The zero-order valence-corrected chi connectivity index (χ0v) is 13.9. The first kappa shape index (κ1) is 16.3. The Labute approximate surface area is 143 Å². The minimum absolute atomic E-state index is 0.00286. The smallest absolute Gasteiger partial charge is 0.226 e. The van der Waals surface area contributed by atoms with Crippen molar-refractivity contribution in [3.63, 3.8) is 0 Å². The summed E-state index contributed by atoms with van der Waals surface area (Å²) in [5, 5.41) is 10.5. The molecule has 126 valence electrons. The van der Waals surface area contributed by atoms with Gasteiger partial charge in [0.1, 0.15) is 11.3 Å². The molecule has 9 heteroatoms. The fourth-order valence-corrected chi connectivity index (χ4v) is 2.97. The average molecular weight is 346 g/mol. The van der Waals surface area contributed by atoms with E-state index in [2.05, 4.69) is 25.4 Å². The van der Waals surface area contributed by atoms with E-state index < -0.39 is 0 Å². The van der Waals surface area contributed by atoms with Crippen molar-refractivity contribution >= 4 is 34.1 Å². The zero-order chi connectivity index (χ0) is 16.8. The molecular weight excluding hydrogens is 328 g/mol. The van der Waals surface area contributed by atoms with E-state index in [0.717, 1.165) is 18.9 Å². The van der Waals surface area contributed by atoms with Crippen molar-refractivity contribution in [2.75, 3.05) is 36.4 Å². The van der Waals surface area contributed by atoms with E-state index >= 15 is 0 Å². The van der Waals surface area contributed by atoms with Crippen molar-refractivity contribution in [1.82, 2.24) is 20.1 Å². The molecule has 24 heavy (non-hydrogen) atoms. The number of carbonyl (C=O) groups is 2. The second-order valence-corrected chi connectivity index (χ2v) is 6.18. The van der Waals surface area contributed by atoms with Gasteiger partial charge >= 0.3 is 0 Å². The second-order valence-electron chi connectivity index (χ2n) is 5.35. The standard InChI is InChI=1S/C15H18N6O2S/c22-13(18-15-19-17-11-24-15)4-5-14(23)21-9-7-20(8-10-21)12-3-1-2-6-16-12/h1-3,6,11H,4-5,7-10H2,(H,18,19,22). The lowest BCUT2D eigenvalue weighted by atomic mass is 10.2. The van der Waals surface area contributed by atoms with Crippen molar-refractivity contribution in [3.05, 3.63) is 29.9 Å². The van der Waals surface area contributed by atoms with Crippen LogP contribution in [-0.2, 0) is 9.59 Å². The molecule has 1 aliphatic heterocycles. The molecule has 0 spiro atoms. The van der Waals surface area contributed by atoms with Gasteiger partial charge in [-0.25, -0.2) is 4.98 Å². The van der Waals surface area contributed by atoms with Crippen molar-refractivity contribution in [2.24, 2.45) is 0 Å². The molecule has 2 amide bonds. The SMILES string of the molecule is O=C(CCC(=O)N1CCN(c2ccccn2)CC1)Nc1nncs1. The third-order valence-corrected chi connectivity index (χ3v) is 4.38. The van der Waals surface area contributed by atoms with Crippen LogP contribution in [0.4, 0.5) is 10.9 Å². The van der Waals surface area contributed by atoms with Crippen LogP contribution in [0.2, 0.25) is 0 Å². The van der Waals surface area contributed by atoms with Gasteiger partial charge in [0, 0.05) is 45.2 Å². The molecular formula is C15H18N6O2S. The van der Waals surface area contributed by atoms with Gasteiger partial charge < -0.3 is 15.1 Å². The first-order valence-corrected chi connectivity index (χ1v) is 8.60. The van der Waals surface area contributed by atoms with Crippen molar-refractivity contribution < 1.29 is 9.59 Å². The average Bonchev–Trinajstić information content (AvgIpc) is 3.13. The molecule has 0 aliphatic carbocycles. The summed E-state index contributed by atoms with van der Waals surface area (Å²) >= 11 is 1.25. The summed E-state index contributed by atoms with van der Waals surface area (Å²) in [6.07, 6.45) is 2.12. The Morgan fingerprint density at radius 3 is 2.67 bits per heavy atom. The molecule has 0 aromatic carbocycles. The summed E-state index contributed by atoms with van der Waals surface area (Å²) in [6.45, 7) is 2.79. The number of amides is 2. The quantitative estimate of drug-likeness (QED) is 0.868. The number of nitrogens with zero attached hydrogens (tertiary/aromatic N) is 5. The molecule has 1 fully saturated rings. The Bertz CT molecular complexity index is 671. The van der Waals surface area contributed by atoms with Crippen LogP contribution in [0.1, 0.15) is 12.8 Å². The van der Waals surface area contributed by atoms with Crippen LogP contribution in [0.25, 0.3) is 0 Å². The molecule has 0 saturated carbocycles. The molecule has 0 atom stereocenters. The molecule has 2 aromatic rings. The van der Waals surface area contributed by atoms with Crippen molar-refractivity contribution in [1.29, 1.82) is 0 Å². The second kappa shape index (κ2) is 7.82. The highest BCUT2D eigenvalue weighted by Crippen LogP contribution is 2.14. The zero-order valence-electron chi connectivity index (χ0n) is 13.1. The molecule has 1 saturated heterocycles. The number of carbonyl (C=O) groups excluding carboxylic acids is 2. The Balaban J connectivity index is 1.41. The van der Waals surface area contributed by atoms with Gasteiger partial charge in [0.15, 0.2) is 0 Å². The minimum atomic E-state index is -0.216. The summed E-state index contributed by atoms with van der Waals surface area (Å²) in [4.78, 5) is 32.3. The number of hydrogen-bond donors (Lipinski definition) is 1. The molecule has 0 unspecified atom stereocenters. The molecule has 3 rings (SSSR count). The maximum Gasteiger partial charge on any atom is 0.226 e. The number of rotatable bonds is 5. The lowest BCUT2D eigenvalue weighted by Gasteiger charge is -2.35. The number of aromatic nitrogens is 3. The van der Waals surface area contributed by atoms with Crippen LogP contribution >= 0.6 is 11.3 Å². The summed E-state index contributed by atoms with van der Waals surface area (Å²) in [5.74, 6) is 0.719. The van der Waals surface area contributed by atoms with E-state index in [1.54, 1.807) is 16.6 Å². The Kier molecular flexibility index (Phi) is 5.32. The fraction of sp³-hybridized carbons (Fsp3) is 0.400. The predicted molar refractivity (Wildman–Crippen MR) is 90.8 cm³/mol. The van der Waals surface area contributed by atoms with Crippen LogP contribution in [0.3, 0.4) is 0 Å². The Morgan fingerprint density at radius 2 is 2.00 bits per heavy atom. The van der Waals surface area contributed by atoms with E-state index in [1.807, 2.05) is 18.2 Å². The van der Waals surface area contributed by atoms with E-state index in [1.165, 1.54) is 11.3 Å². The van der Waals surface area contributed by atoms with Crippen LogP contribution in [-0.4, -0.2) is 58.1 Å². The highest BCUT2D eigenvalue weighted by molar-refractivity contribution is 7.13. The number of hydrogen-bond acceptors (Lipinski definition) is 7. The van der Waals surface area contributed by atoms with Crippen molar-refractivity contribution in [3.8, 4) is 0 Å². The molecule has 8 nitrogen and oxygen atoms in total. The summed E-state index contributed by atoms with van der Waals surface area (Å²) in [5.41, 5.74) is 1.54. The summed E-state index contributed by atoms with van der Waals surface area (Å²) in [6, 6.07) is 5.81. The first-order chi connectivity index (χ1) is 11.7. The summed E-state index contributed by atoms with van der Waals surface area (Å²) in [7, 11) is 0. The molecule has 1 aliphatic rings. The first-order valence-electron chi connectivity index (χ1n) is 7.72. The van der Waals surface area contributed by atoms with Crippen LogP contribution in [0.15, 0.2) is 29.9 Å². The number of piperazine rings is 1. The van der Waals surface area contributed by atoms with Gasteiger partial charge in [-0.3, -0.25) is 9.59 Å². The van der Waals surface area contributed by atoms with E-state index in [0.29, 0.717) is 18.2 Å². The largest absolute Gasteiger partial charge is 0.353 e. The van der Waals surface area contributed by atoms with Crippen LogP contribution in [0, 0.1) is 0 Å². The number of anilines is 2. The van der Waals surface area contributed by atoms with Gasteiger partial charge in [-0.1, -0.05) is 17.4 Å². The molecule has 2 aromatic heterocycles. The lowest BCUT2D eigenvalue weighted by Crippen LogP contribution is -2.49. The maximum absolute atomic E-state index is 12.2. The van der Waals surface area contributed by atoms with Crippen LogP contribution < -0.4 is 10.2 Å². The van der Waals surface area contributed by atoms with Gasteiger partial charge in [-0.2, -0.15) is 0 Å². The normalized spacial score (nSPS) is 14.5. The fourth-order valence-electron chi connectivity index (χ4n) is 2.51. The van der Waals surface area contributed by atoms with Gasteiger partial charge in [-0.15, -0.1) is 10.2 Å². The topological polar surface area (TPSA) is 91.3 Å². The number of nitrogens with one attached hydrogen (secondary N) is 1. The number of pyridine rings is 1. The van der Waals surface area contributed by atoms with Crippen LogP contribution in [0.5, 0.6) is 0 Å². The van der Waals surface area contributed by atoms with E-state index in [9.17, 15) is 9.59 Å². The van der Waals surface area contributed by atoms with E-state index in [4.69, 9.17) is 0 Å². The van der Waals surface area contributed by atoms with Gasteiger partial charge in [0.25, 0.3) is 0 Å². The molecule has 1 N–H and O–H groups in total. The highest BCUT2D eigenvalue weighted by Gasteiger charge is 2.22. The summed E-state index contributed by atoms with van der Waals surface area (Å²) < 4.78 is 0. The Morgan fingerprint density at radius 1 is 1.17 bits per heavy atom. The lowest BCUT2D eigenvalue weighted by molar-refractivity contribution is -0.133.